The number of nitrogens with zero attached hydrogens (tertiary/aromatic N) is 2. The van der Waals surface area contributed by atoms with Crippen LogP contribution in [0.25, 0.3) is 5.69 Å². The fourth-order valence-electron chi connectivity index (χ4n) is 1.84. The average molecular weight is 294 g/mol. The SMILES string of the molecule is CCc1cnc(SCC(=O)O)n1-c1ccc(C)c(F)c1. The van der Waals surface area contributed by atoms with Crippen molar-refractivity contribution in [3.05, 3.63) is 41.5 Å². The summed E-state index contributed by atoms with van der Waals surface area (Å²) >= 11 is 1.13. The summed E-state index contributed by atoms with van der Waals surface area (Å²) in [6.45, 7) is 3.68. The third-order valence-corrected chi connectivity index (χ3v) is 3.84. The van der Waals surface area contributed by atoms with E-state index in [-0.39, 0.29) is 11.6 Å². The fourth-order valence-corrected chi connectivity index (χ4v) is 2.57. The lowest BCUT2D eigenvalue weighted by molar-refractivity contribution is -0.133. The average Bonchev–Trinajstić information content (AvgIpc) is 2.82. The normalized spacial score (nSPS) is 10.8. The number of rotatable bonds is 5. The van der Waals surface area contributed by atoms with Crippen LogP contribution in [-0.4, -0.2) is 26.4 Å². The number of benzene rings is 1. The second-order valence-corrected chi connectivity index (χ2v) is 5.28. The zero-order chi connectivity index (χ0) is 14.7. The molecule has 1 heterocycles. The first-order chi connectivity index (χ1) is 9.52. The van der Waals surface area contributed by atoms with Gasteiger partial charge < -0.3 is 5.11 Å². The molecule has 4 nitrogen and oxygen atoms in total. The van der Waals surface area contributed by atoms with Gasteiger partial charge in [-0.2, -0.15) is 0 Å². The van der Waals surface area contributed by atoms with Gasteiger partial charge in [-0.1, -0.05) is 24.8 Å². The molecular formula is C14H15FN2O2S. The molecule has 0 amide bonds. The molecule has 106 valence electrons. The lowest BCUT2D eigenvalue weighted by atomic mass is 10.2. The topological polar surface area (TPSA) is 55.1 Å². The number of carboxylic acids is 1. The Labute approximate surface area is 120 Å². The Morgan fingerprint density at radius 3 is 2.85 bits per heavy atom. The number of halogens is 1. The minimum absolute atomic E-state index is 0.0749. The van der Waals surface area contributed by atoms with Gasteiger partial charge in [-0.3, -0.25) is 9.36 Å². The van der Waals surface area contributed by atoms with E-state index < -0.39 is 5.97 Å². The predicted molar refractivity (Wildman–Crippen MR) is 76.0 cm³/mol. The van der Waals surface area contributed by atoms with Crippen LogP contribution < -0.4 is 0 Å². The summed E-state index contributed by atoms with van der Waals surface area (Å²) in [5.74, 6) is -1.26. The van der Waals surface area contributed by atoms with E-state index in [4.69, 9.17) is 5.11 Å². The molecular weight excluding hydrogens is 279 g/mol. The Balaban J connectivity index is 2.44. The molecule has 0 bridgehead atoms. The monoisotopic (exact) mass is 294 g/mol. The molecule has 0 fully saturated rings. The van der Waals surface area contributed by atoms with Gasteiger partial charge in [0.15, 0.2) is 5.16 Å². The van der Waals surface area contributed by atoms with Crippen LogP contribution in [0.5, 0.6) is 0 Å². The first-order valence-electron chi connectivity index (χ1n) is 6.20. The van der Waals surface area contributed by atoms with Crippen LogP contribution in [0.2, 0.25) is 0 Å². The maximum absolute atomic E-state index is 13.7. The van der Waals surface area contributed by atoms with E-state index in [1.54, 1.807) is 23.8 Å². The molecule has 0 aliphatic rings. The quantitative estimate of drug-likeness (QED) is 0.861. The molecule has 0 aliphatic heterocycles. The predicted octanol–water partition coefficient (Wildman–Crippen LogP) is 3.06. The second kappa shape index (κ2) is 6.09. The number of carbonyl (C=O) groups is 1. The van der Waals surface area contributed by atoms with Gasteiger partial charge in [0.1, 0.15) is 5.82 Å². The van der Waals surface area contributed by atoms with Crippen LogP contribution in [0.3, 0.4) is 0 Å². The summed E-state index contributed by atoms with van der Waals surface area (Å²) in [6, 6.07) is 4.96. The Kier molecular flexibility index (Phi) is 4.44. The fraction of sp³-hybridized carbons (Fsp3) is 0.286. The molecule has 20 heavy (non-hydrogen) atoms. The van der Waals surface area contributed by atoms with E-state index in [2.05, 4.69) is 4.98 Å². The van der Waals surface area contributed by atoms with Crippen molar-refractivity contribution in [1.82, 2.24) is 9.55 Å². The van der Waals surface area contributed by atoms with Gasteiger partial charge in [0.25, 0.3) is 0 Å². The van der Waals surface area contributed by atoms with E-state index in [1.807, 2.05) is 13.0 Å². The summed E-state index contributed by atoms with van der Waals surface area (Å²) in [5, 5.41) is 9.33. The van der Waals surface area contributed by atoms with E-state index in [0.29, 0.717) is 16.4 Å². The van der Waals surface area contributed by atoms with Crippen molar-refractivity contribution in [2.24, 2.45) is 0 Å². The molecule has 0 saturated carbocycles. The summed E-state index contributed by atoms with van der Waals surface area (Å²) in [5.41, 5.74) is 2.16. The van der Waals surface area contributed by atoms with Gasteiger partial charge in [0.2, 0.25) is 0 Å². The molecule has 0 unspecified atom stereocenters. The van der Waals surface area contributed by atoms with Crippen LogP contribution in [0.1, 0.15) is 18.2 Å². The van der Waals surface area contributed by atoms with Gasteiger partial charge >= 0.3 is 5.97 Å². The van der Waals surface area contributed by atoms with Crippen molar-refractivity contribution in [2.75, 3.05) is 5.75 Å². The lowest BCUT2D eigenvalue weighted by Gasteiger charge is -2.11. The van der Waals surface area contributed by atoms with Gasteiger partial charge in [-0.25, -0.2) is 9.37 Å². The van der Waals surface area contributed by atoms with E-state index in [9.17, 15) is 9.18 Å². The van der Waals surface area contributed by atoms with Crippen LogP contribution >= 0.6 is 11.8 Å². The molecule has 1 aromatic heterocycles. The number of hydrogen-bond donors (Lipinski definition) is 1. The number of aryl methyl sites for hydroxylation is 2. The Hall–Kier alpha value is -1.82. The number of carboxylic acid groups (broad SMARTS) is 1. The maximum Gasteiger partial charge on any atom is 0.313 e. The summed E-state index contributed by atoms with van der Waals surface area (Å²) in [4.78, 5) is 14.9. The molecule has 1 aromatic carbocycles. The lowest BCUT2D eigenvalue weighted by Crippen LogP contribution is -2.04. The highest BCUT2D eigenvalue weighted by atomic mass is 32.2. The highest BCUT2D eigenvalue weighted by Gasteiger charge is 2.13. The molecule has 2 rings (SSSR count). The van der Waals surface area contributed by atoms with Gasteiger partial charge in [-0.15, -0.1) is 0 Å². The molecule has 0 saturated heterocycles. The number of hydrogen-bond acceptors (Lipinski definition) is 3. The van der Waals surface area contributed by atoms with Crippen molar-refractivity contribution >= 4 is 17.7 Å². The first-order valence-corrected chi connectivity index (χ1v) is 7.19. The van der Waals surface area contributed by atoms with E-state index >= 15 is 0 Å². The molecule has 0 radical (unpaired) electrons. The summed E-state index contributed by atoms with van der Waals surface area (Å²) in [7, 11) is 0. The number of aliphatic carboxylic acids is 1. The first kappa shape index (κ1) is 14.6. The van der Waals surface area contributed by atoms with Crippen molar-refractivity contribution in [3.63, 3.8) is 0 Å². The summed E-state index contributed by atoms with van der Waals surface area (Å²) in [6.07, 6.45) is 2.43. The van der Waals surface area contributed by atoms with Crippen molar-refractivity contribution < 1.29 is 14.3 Å². The number of imidazole rings is 1. The van der Waals surface area contributed by atoms with Gasteiger partial charge in [-0.05, 0) is 31.0 Å². The van der Waals surface area contributed by atoms with Crippen LogP contribution in [0, 0.1) is 12.7 Å². The Morgan fingerprint density at radius 1 is 1.50 bits per heavy atom. The maximum atomic E-state index is 13.7. The van der Waals surface area contributed by atoms with E-state index in [1.165, 1.54) is 6.07 Å². The minimum Gasteiger partial charge on any atom is -0.481 e. The zero-order valence-corrected chi connectivity index (χ0v) is 12.1. The Bertz CT molecular complexity index is 640. The van der Waals surface area contributed by atoms with Gasteiger partial charge in [0, 0.05) is 11.9 Å². The highest BCUT2D eigenvalue weighted by Crippen LogP contribution is 2.24. The second-order valence-electron chi connectivity index (χ2n) is 4.34. The van der Waals surface area contributed by atoms with Crippen LogP contribution in [0.4, 0.5) is 4.39 Å². The minimum atomic E-state index is -0.905. The standard InChI is InChI=1S/C14H15FN2O2S/c1-3-10-7-16-14(20-8-13(18)19)17(10)11-5-4-9(2)12(15)6-11/h4-7H,3,8H2,1-2H3,(H,18,19). The third kappa shape index (κ3) is 3.01. The van der Waals surface area contributed by atoms with Crippen molar-refractivity contribution in [2.45, 2.75) is 25.4 Å². The largest absolute Gasteiger partial charge is 0.481 e. The number of thioether (sulfide) groups is 1. The Morgan fingerprint density at radius 2 is 2.25 bits per heavy atom. The highest BCUT2D eigenvalue weighted by molar-refractivity contribution is 7.99. The zero-order valence-electron chi connectivity index (χ0n) is 11.3. The van der Waals surface area contributed by atoms with Crippen LogP contribution in [-0.2, 0) is 11.2 Å². The van der Waals surface area contributed by atoms with Crippen LogP contribution in [0.15, 0.2) is 29.6 Å². The van der Waals surface area contributed by atoms with Crippen molar-refractivity contribution in [1.29, 1.82) is 0 Å². The molecule has 6 heteroatoms. The number of aromatic nitrogens is 2. The summed E-state index contributed by atoms with van der Waals surface area (Å²) < 4.78 is 15.5. The van der Waals surface area contributed by atoms with E-state index in [0.717, 1.165) is 23.9 Å². The molecule has 0 atom stereocenters. The smallest absolute Gasteiger partial charge is 0.313 e. The molecule has 0 aliphatic carbocycles. The van der Waals surface area contributed by atoms with Gasteiger partial charge in [0.05, 0.1) is 11.4 Å². The molecule has 2 aromatic rings. The van der Waals surface area contributed by atoms with Crippen molar-refractivity contribution in [3.8, 4) is 5.69 Å². The molecule has 0 spiro atoms. The third-order valence-electron chi connectivity index (χ3n) is 2.90. The molecule has 1 N–H and O–H groups in total.